The van der Waals surface area contributed by atoms with Crippen LogP contribution in [0.15, 0.2) is 18.3 Å². The summed E-state index contributed by atoms with van der Waals surface area (Å²) in [6.07, 6.45) is 3.42. The maximum Gasteiger partial charge on any atom is 0.141 e. The minimum absolute atomic E-state index is 0.143. The van der Waals surface area contributed by atoms with E-state index in [1.807, 2.05) is 6.07 Å². The second-order valence-corrected chi connectivity index (χ2v) is 5.20. The summed E-state index contributed by atoms with van der Waals surface area (Å²) in [4.78, 5) is 4.25. The molecule has 1 aromatic rings. The Balaban J connectivity index is 2.34. The number of nitrogens with zero attached hydrogens (tertiary/aromatic N) is 1. The number of halogens is 1. The van der Waals surface area contributed by atoms with Crippen molar-refractivity contribution in [2.45, 2.75) is 45.6 Å². The molecule has 94 valence electrons. The summed E-state index contributed by atoms with van der Waals surface area (Å²) in [6, 6.07) is 3.53. The van der Waals surface area contributed by atoms with Gasteiger partial charge >= 0.3 is 0 Å². The summed E-state index contributed by atoms with van der Waals surface area (Å²) < 4.78 is 12.9. The van der Waals surface area contributed by atoms with Gasteiger partial charge in [0.1, 0.15) is 5.82 Å². The molecule has 1 aliphatic carbocycles. The highest BCUT2D eigenvalue weighted by molar-refractivity contribution is 5.25. The number of hydrogen-bond donors (Lipinski definition) is 1. The molecule has 0 bridgehead atoms. The summed E-state index contributed by atoms with van der Waals surface area (Å²) >= 11 is 0. The zero-order valence-corrected chi connectivity index (χ0v) is 10.8. The van der Waals surface area contributed by atoms with Gasteiger partial charge in [0.25, 0.3) is 0 Å². The van der Waals surface area contributed by atoms with Gasteiger partial charge < -0.3 is 5.73 Å². The van der Waals surface area contributed by atoms with E-state index in [1.54, 1.807) is 0 Å². The van der Waals surface area contributed by atoms with E-state index in [2.05, 4.69) is 25.8 Å². The highest BCUT2D eigenvalue weighted by Gasteiger charge is 2.56. The topological polar surface area (TPSA) is 38.9 Å². The Morgan fingerprint density at radius 2 is 2.00 bits per heavy atom. The second-order valence-electron chi connectivity index (χ2n) is 5.20. The van der Waals surface area contributed by atoms with Crippen LogP contribution in [0.25, 0.3) is 0 Å². The van der Waals surface area contributed by atoms with Gasteiger partial charge in [-0.05, 0) is 36.3 Å². The molecule has 2 nitrogen and oxygen atoms in total. The smallest absolute Gasteiger partial charge is 0.141 e. The highest BCUT2D eigenvalue weighted by atomic mass is 19.1. The van der Waals surface area contributed by atoms with E-state index in [9.17, 15) is 4.39 Å². The molecule has 3 heteroatoms. The predicted molar refractivity (Wildman–Crippen MR) is 67.1 cm³/mol. The summed E-state index contributed by atoms with van der Waals surface area (Å²) in [7, 11) is 0. The van der Waals surface area contributed by atoms with Crippen LogP contribution in [0.4, 0.5) is 4.39 Å². The van der Waals surface area contributed by atoms with Crippen LogP contribution >= 0.6 is 0 Å². The number of nitrogens with two attached hydrogens (primary N) is 1. The predicted octanol–water partition coefficient (Wildman–Crippen LogP) is 3.09. The van der Waals surface area contributed by atoms with Gasteiger partial charge in [-0.25, -0.2) is 4.39 Å². The molecule has 1 aromatic heterocycles. The zero-order chi connectivity index (χ0) is 12.6. The molecule has 0 saturated heterocycles. The molecule has 2 rings (SSSR count). The van der Waals surface area contributed by atoms with Gasteiger partial charge in [0.15, 0.2) is 0 Å². The van der Waals surface area contributed by atoms with E-state index < -0.39 is 0 Å². The van der Waals surface area contributed by atoms with E-state index in [0.29, 0.717) is 11.8 Å². The van der Waals surface area contributed by atoms with Crippen LogP contribution in [0.3, 0.4) is 0 Å². The second kappa shape index (κ2) is 4.37. The average molecular weight is 236 g/mol. The van der Waals surface area contributed by atoms with Crippen molar-refractivity contribution in [2.75, 3.05) is 0 Å². The summed E-state index contributed by atoms with van der Waals surface area (Å²) in [6.45, 7) is 6.54. The van der Waals surface area contributed by atoms with Crippen LogP contribution in [0.2, 0.25) is 0 Å². The van der Waals surface area contributed by atoms with Crippen molar-refractivity contribution in [2.24, 2.45) is 17.1 Å². The first-order valence-electron chi connectivity index (χ1n) is 6.43. The first-order valence-corrected chi connectivity index (χ1v) is 6.43. The average Bonchev–Trinajstić information content (AvgIpc) is 2.36. The van der Waals surface area contributed by atoms with Crippen LogP contribution in [-0.4, -0.2) is 11.0 Å². The Bertz CT molecular complexity index is 384. The minimum atomic E-state index is -0.274. The van der Waals surface area contributed by atoms with Crippen LogP contribution < -0.4 is 5.73 Å². The summed E-state index contributed by atoms with van der Waals surface area (Å²) in [5.41, 5.74) is 7.41. The number of aromatic nitrogens is 1. The van der Waals surface area contributed by atoms with E-state index in [1.165, 1.54) is 12.3 Å². The largest absolute Gasteiger partial charge is 0.327 e. The summed E-state index contributed by atoms with van der Waals surface area (Å²) in [5.74, 6) is 0.518. The monoisotopic (exact) mass is 236 g/mol. The Hall–Kier alpha value is -0.960. The van der Waals surface area contributed by atoms with Crippen LogP contribution in [0.5, 0.6) is 0 Å². The fourth-order valence-corrected chi connectivity index (χ4v) is 3.64. The first-order chi connectivity index (χ1) is 8.06. The molecule has 1 fully saturated rings. The van der Waals surface area contributed by atoms with Crippen molar-refractivity contribution in [3.63, 3.8) is 0 Å². The molecular formula is C14H21FN2. The van der Waals surface area contributed by atoms with Crippen LogP contribution in [0, 0.1) is 17.2 Å². The third-order valence-electron chi connectivity index (χ3n) is 4.76. The number of pyridine rings is 1. The molecule has 3 unspecified atom stereocenters. The third-order valence-corrected chi connectivity index (χ3v) is 4.76. The van der Waals surface area contributed by atoms with E-state index >= 15 is 0 Å². The van der Waals surface area contributed by atoms with Crippen LogP contribution in [0.1, 0.15) is 45.2 Å². The Labute approximate surface area is 102 Å². The van der Waals surface area contributed by atoms with Gasteiger partial charge in [0, 0.05) is 17.7 Å². The van der Waals surface area contributed by atoms with Gasteiger partial charge in [-0.3, -0.25) is 4.98 Å². The van der Waals surface area contributed by atoms with Gasteiger partial charge in [-0.15, -0.1) is 0 Å². The molecule has 0 amide bonds. The maximum atomic E-state index is 12.9. The van der Waals surface area contributed by atoms with Crippen molar-refractivity contribution < 1.29 is 4.39 Å². The van der Waals surface area contributed by atoms with Crippen molar-refractivity contribution >= 4 is 0 Å². The van der Waals surface area contributed by atoms with Gasteiger partial charge in [0.05, 0.1) is 6.20 Å². The van der Waals surface area contributed by atoms with Gasteiger partial charge in [0.2, 0.25) is 0 Å². The standard InChI is InChI=1S/C14H21FN2/c1-4-14(5-2)12(9(3)13(14)16)11-7-6-10(15)8-17-11/h6-9,12-13H,4-5,16H2,1-3H3. The maximum absolute atomic E-state index is 12.9. The lowest BCUT2D eigenvalue weighted by atomic mass is 9.47. The Morgan fingerprint density at radius 3 is 2.47 bits per heavy atom. The molecule has 3 atom stereocenters. The van der Waals surface area contributed by atoms with Crippen LogP contribution in [-0.2, 0) is 0 Å². The molecule has 2 N–H and O–H groups in total. The SMILES string of the molecule is CCC1(CC)C(N)C(C)C1c1ccc(F)cn1. The van der Waals surface area contributed by atoms with Crippen molar-refractivity contribution in [1.82, 2.24) is 4.98 Å². The number of hydrogen-bond acceptors (Lipinski definition) is 2. The van der Waals surface area contributed by atoms with Gasteiger partial charge in [-0.2, -0.15) is 0 Å². The normalized spacial score (nSPS) is 31.0. The Kier molecular flexibility index (Phi) is 3.21. The first kappa shape index (κ1) is 12.5. The summed E-state index contributed by atoms with van der Waals surface area (Å²) in [5, 5.41) is 0. The lowest BCUT2D eigenvalue weighted by Crippen LogP contribution is -2.62. The van der Waals surface area contributed by atoms with Crippen molar-refractivity contribution in [1.29, 1.82) is 0 Å². The van der Waals surface area contributed by atoms with Gasteiger partial charge in [-0.1, -0.05) is 20.8 Å². The molecule has 0 aliphatic heterocycles. The number of rotatable bonds is 3. The third kappa shape index (κ3) is 1.68. The molecule has 1 saturated carbocycles. The zero-order valence-electron chi connectivity index (χ0n) is 10.8. The fraction of sp³-hybridized carbons (Fsp3) is 0.643. The molecule has 0 spiro atoms. The minimum Gasteiger partial charge on any atom is -0.327 e. The highest BCUT2D eigenvalue weighted by Crippen LogP contribution is 2.59. The van der Waals surface area contributed by atoms with Crippen molar-refractivity contribution in [3.05, 3.63) is 29.8 Å². The molecular weight excluding hydrogens is 215 g/mol. The quantitative estimate of drug-likeness (QED) is 0.876. The van der Waals surface area contributed by atoms with Crippen molar-refractivity contribution in [3.8, 4) is 0 Å². The molecule has 0 aromatic carbocycles. The molecule has 17 heavy (non-hydrogen) atoms. The molecule has 0 radical (unpaired) electrons. The lowest BCUT2D eigenvalue weighted by molar-refractivity contribution is -0.0202. The Morgan fingerprint density at radius 1 is 1.35 bits per heavy atom. The van der Waals surface area contributed by atoms with E-state index in [0.717, 1.165) is 18.5 Å². The fourth-order valence-electron chi connectivity index (χ4n) is 3.64. The molecule has 1 heterocycles. The lowest BCUT2D eigenvalue weighted by Gasteiger charge is -2.59. The van der Waals surface area contributed by atoms with E-state index in [4.69, 9.17) is 5.73 Å². The van der Waals surface area contributed by atoms with E-state index in [-0.39, 0.29) is 17.3 Å². The molecule has 1 aliphatic rings.